The molecule has 0 N–H and O–H groups in total. The van der Waals surface area contributed by atoms with Gasteiger partial charge in [0.05, 0.1) is 13.2 Å². The van der Waals surface area contributed by atoms with Crippen LogP contribution in [0.5, 0.6) is 0 Å². The number of ether oxygens (including phenoxy) is 1. The number of morpholine rings is 1. The summed E-state index contributed by atoms with van der Waals surface area (Å²) in [6.07, 6.45) is 2.44. The van der Waals surface area contributed by atoms with Gasteiger partial charge in [0.1, 0.15) is 5.01 Å². The minimum atomic E-state index is 0.893. The van der Waals surface area contributed by atoms with Gasteiger partial charge in [0.15, 0.2) is 0 Å². The second-order valence-electron chi connectivity index (χ2n) is 4.69. The molecule has 6 heteroatoms. The molecule has 5 nitrogen and oxygen atoms in total. The van der Waals surface area contributed by atoms with Crippen molar-refractivity contribution >= 4 is 16.5 Å². The highest BCUT2D eigenvalue weighted by molar-refractivity contribution is 7.15. The molecule has 0 amide bonds. The lowest BCUT2D eigenvalue weighted by Crippen LogP contribution is -2.37. The van der Waals surface area contributed by atoms with Crippen molar-refractivity contribution in [2.75, 3.05) is 51.3 Å². The molecule has 0 atom stereocenters. The van der Waals surface area contributed by atoms with Gasteiger partial charge in [-0.15, -0.1) is 10.2 Å². The third-order valence-corrected chi connectivity index (χ3v) is 4.12. The van der Waals surface area contributed by atoms with E-state index in [9.17, 15) is 0 Å². The maximum atomic E-state index is 5.34. The molecule has 0 aromatic carbocycles. The molecule has 1 saturated heterocycles. The van der Waals surface area contributed by atoms with E-state index in [0.717, 1.165) is 43.0 Å². The quantitative estimate of drug-likeness (QED) is 0.731. The smallest absolute Gasteiger partial charge is 0.208 e. The Bertz CT molecular complexity index is 352. The zero-order valence-corrected chi connectivity index (χ0v) is 12.1. The molecule has 0 bridgehead atoms. The molecule has 0 saturated carbocycles. The summed E-state index contributed by atoms with van der Waals surface area (Å²) in [7, 11) is 2.09. The lowest BCUT2D eigenvalue weighted by Gasteiger charge is -2.26. The van der Waals surface area contributed by atoms with Crippen LogP contribution in [-0.4, -0.2) is 61.5 Å². The van der Waals surface area contributed by atoms with Crippen LogP contribution >= 0.6 is 11.3 Å². The van der Waals surface area contributed by atoms with Gasteiger partial charge < -0.3 is 9.64 Å². The van der Waals surface area contributed by atoms with Crippen molar-refractivity contribution in [1.82, 2.24) is 15.1 Å². The average Bonchev–Trinajstić information content (AvgIpc) is 2.82. The van der Waals surface area contributed by atoms with Gasteiger partial charge in [0.25, 0.3) is 0 Å². The monoisotopic (exact) mass is 270 g/mol. The SMILES string of the molecule is Cc1nnc(N(C)CCCCN2CCOCC2)s1. The van der Waals surface area contributed by atoms with Crippen LogP contribution in [0.4, 0.5) is 5.13 Å². The fourth-order valence-corrected chi connectivity index (χ4v) is 2.72. The maximum Gasteiger partial charge on any atom is 0.208 e. The zero-order valence-electron chi connectivity index (χ0n) is 11.3. The summed E-state index contributed by atoms with van der Waals surface area (Å²) >= 11 is 1.66. The summed E-state index contributed by atoms with van der Waals surface area (Å²) in [4.78, 5) is 4.68. The van der Waals surface area contributed by atoms with Crippen molar-refractivity contribution in [3.63, 3.8) is 0 Å². The molecule has 102 valence electrons. The zero-order chi connectivity index (χ0) is 12.8. The Morgan fingerprint density at radius 2 is 2.06 bits per heavy atom. The van der Waals surface area contributed by atoms with Gasteiger partial charge in [-0.1, -0.05) is 11.3 Å². The molecule has 0 radical (unpaired) electrons. The molecule has 1 aromatic heterocycles. The Labute approximate surface area is 113 Å². The van der Waals surface area contributed by atoms with Crippen LogP contribution in [0.1, 0.15) is 17.8 Å². The number of hydrogen-bond acceptors (Lipinski definition) is 6. The van der Waals surface area contributed by atoms with E-state index < -0.39 is 0 Å². The summed E-state index contributed by atoms with van der Waals surface area (Å²) < 4.78 is 5.34. The van der Waals surface area contributed by atoms with Crippen molar-refractivity contribution in [2.24, 2.45) is 0 Å². The molecule has 2 heterocycles. The van der Waals surface area contributed by atoms with Gasteiger partial charge >= 0.3 is 0 Å². The number of nitrogens with zero attached hydrogens (tertiary/aromatic N) is 4. The van der Waals surface area contributed by atoms with E-state index in [1.54, 1.807) is 11.3 Å². The predicted molar refractivity (Wildman–Crippen MR) is 74.4 cm³/mol. The Morgan fingerprint density at radius 1 is 1.28 bits per heavy atom. The minimum Gasteiger partial charge on any atom is -0.379 e. The molecule has 1 aliphatic rings. The second-order valence-corrected chi connectivity index (χ2v) is 5.85. The largest absolute Gasteiger partial charge is 0.379 e. The van der Waals surface area contributed by atoms with Gasteiger partial charge in [-0.05, 0) is 26.3 Å². The normalized spacial score (nSPS) is 17.0. The maximum absolute atomic E-state index is 5.34. The van der Waals surface area contributed by atoms with Gasteiger partial charge in [-0.3, -0.25) is 4.90 Å². The number of rotatable bonds is 6. The van der Waals surface area contributed by atoms with Crippen LogP contribution in [0, 0.1) is 6.92 Å². The Balaban J connectivity index is 1.60. The topological polar surface area (TPSA) is 41.5 Å². The van der Waals surface area contributed by atoms with Crippen LogP contribution in [0.3, 0.4) is 0 Å². The van der Waals surface area contributed by atoms with Crippen molar-refractivity contribution in [3.8, 4) is 0 Å². The molecular formula is C12H22N4OS. The van der Waals surface area contributed by atoms with E-state index in [1.807, 2.05) is 6.92 Å². The molecule has 1 aromatic rings. The summed E-state index contributed by atoms with van der Waals surface area (Å²) in [6.45, 7) is 8.20. The first-order valence-corrected chi connectivity index (χ1v) is 7.39. The van der Waals surface area contributed by atoms with Crippen molar-refractivity contribution < 1.29 is 4.74 Å². The fraction of sp³-hybridized carbons (Fsp3) is 0.833. The van der Waals surface area contributed by atoms with Crippen LogP contribution in [0.15, 0.2) is 0 Å². The molecule has 18 heavy (non-hydrogen) atoms. The highest BCUT2D eigenvalue weighted by Gasteiger charge is 2.10. The first-order chi connectivity index (χ1) is 8.75. The van der Waals surface area contributed by atoms with E-state index in [-0.39, 0.29) is 0 Å². The molecule has 1 fully saturated rings. The van der Waals surface area contributed by atoms with Crippen molar-refractivity contribution in [1.29, 1.82) is 0 Å². The van der Waals surface area contributed by atoms with E-state index in [0.29, 0.717) is 0 Å². The van der Waals surface area contributed by atoms with Crippen LogP contribution < -0.4 is 4.90 Å². The first-order valence-electron chi connectivity index (χ1n) is 6.57. The first kappa shape index (κ1) is 13.7. The lowest BCUT2D eigenvalue weighted by atomic mass is 10.2. The van der Waals surface area contributed by atoms with Gasteiger partial charge in [0.2, 0.25) is 5.13 Å². The summed E-state index contributed by atoms with van der Waals surface area (Å²) in [5, 5.41) is 10.3. The molecule has 0 spiro atoms. The standard InChI is InChI=1S/C12H22N4OS/c1-11-13-14-12(18-11)15(2)5-3-4-6-16-7-9-17-10-8-16/h3-10H2,1-2H3. The predicted octanol–water partition coefficient (Wildman–Crippen LogP) is 1.40. The highest BCUT2D eigenvalue weighted by atomic mass is 32.1. The fourth-order valence-electron chi connectivity index (χ4n) is 2.05. The third-order valence-electron chi connectivity index (χ3n) is 3.16. The summed E-state index contributed by atoms with van der Waals surface area (Å²) in [5.74, 6) is 0. The van der Waals surface area contributed by atoms with Crippen LogP contribution in [-0.2, 0) is 4.74 Å². The van der Waals surface area contributed by atoms with E-state index >= 15 is 0 Å². The number of unbranched alkanes of at least 4 members (excludes halogenated alkanes) is 1. The van der Waals surface area contributed by atoms with Gasteiger partial charge in [0, 0.05) is 26.7 Å². The number of aromatic nitrogens is 2. The van der Waals surface area contributed by atoms with Crippen molar-refractivity contribution in [2.45, 2.75) is 19.8 Å². The lowest BCUT2D eigenvalue weighted by molar-refractivity contribution is 0.0372. The molecule has 1 aliphatic heterocycles. The molecule has 0 aliphatic carbocycles. The van der Waals surface area contributed by atoms with E-state index in [2.05, 4.69) is 27.0 Å². The van der Waals surface area contributed by atoms with Gasteiger partial charge in [-0.2, -0.15) is 0 Å². The summed E-state index contributed by atoms with van der Waals surface area (Å²) in [6, 6.07) is 0. The van der Waals surface area contributed by atoms with Crippen LogP contribution in [0.2, 0.25) is 0 Å². The molecule has 0 unspecified atom stereocenters. The second kappa shape index (κ2) is 7.01. The highest BCUT2D eigenvalue weighted by Crippen LogP contribution is 2.18. The molecule has 2 rings (SSSR count). The van der Waals surface area contributed by atoms with E-state index in [1.165, 1.54) is 19.4 Å². The van der Waals surface area contributed by atoms with Crippen LogP contribution in [0.25, 0.3) is 0 Å². The average molecular weight is 270 g/mol. The Morgan fingerprint density at radius 3 is 2.72 bits per heavy atom. The number of anilines is 1. The Hall–Kier alpha value is -0.720. The summed E-state index contributed by atoms with van der Waals surface area (Å²) in [5.41, 5.74) is 0. The Kier molecular flexibility index (Phi) is 5.34. The minimum absolute atomic E-state index is 0.893. The molecular weight excluding hydrogens is 248 g/mol. The number of hydrogen-bond donors (Lipinski definition) is 0. The van der Waals surface area contributed by atoms with Crippen molar-refractivity contribution in [3.05, 3.63) is 5.01 Å². The van der Waals surface area contributed by atoms with Gasteiger partial charge in [-0.25, -0.2) is 0 Å². The van der Waals surface area contributed by atoms with E-state index in [4.69, 9.17) is 4.74 Å². The number of aryl methyl sites for hydroxylation is 1. The third kappa shape index (κ3) is 4.19.